The van der Waals surface area contributed by atoms with Gasteiger partial charge >= 0.3 is 0 Å². The normalized spacial score (nSPS) is 15.0. The molecule has 0 saturated carbocycles. The van der Waals surface area contributed by atoms with Crippen molar-refractivity contribution in [3.8, 4) is 5.75 Å². The molecular weight excluding hydrogens is 192 g/mol. The van der Waals surface area contributed by atoms with Gasteiger partial charge in [0.15, 0.2) is 12.6 Å². The lowest BCUT2D eigenvalue weighted by Gasteiger charge is -2.13. The lowest BCUT2D eigenvalue weighted by atomic mass is 10.2. The Kier molecular flexibility index (Phi) is 2.87. The Morgan fingerprint density at radius 1 is 1.40 bits per heavy atom. The molecule has 1 aromatic carbocycles. The Morgan fingerprint density at radius 3 is 2.87 bits per heavy atom. The van der Waals surface area contributed by atoms with Crippen LogP contribution in [-0.2, 0) is 4.84 Å². The Bertz CT molecular complexity index is 375. The van der Waals surface area contributed by atoms with Gasteiger partial charge in [-0.05, 0) is 26.0 Å². The van der Waals surface area contributed by atoms with Gasteiger partial charge in [-0.2, -0.15) is 0 Å². The summed E-state index contributed by atoms with van der Waals surface area (Å²) in [4.78, 5) is 9.14. The van der Waals surface area contributed by atoms with E-state index in [1.165, 1.54) is 0 Å². The van der Waals surface area contributed by atoms with Crippen LogP contribution in [0, 0.1) is 0 Å². The molecule has 4 nitrogen and oxygen atoms in total. The number of hydrogen-bond donors (Lipinski definition) is 1. The molecule has 0 spiro atoms. The second kappa shape index (κ2) is 4.31. The third-order valence-electron chi connectivity index (χ3n) is 1.96. The molecule has 0 fully saturated rings. The zero-order valence-electron chi connectivity index (χ0n) is 8.86. The quantitative estimate of drug-likeness (QED) is 0.818. The van der Waals surface area contributed by atoms with E-state index in [4.69, 9.17) is 9.57 Å². The van der Waals surface area contributed by atoms with Crippen LogP contribution in [-0.4, -0.2) is 18.7 Å². The zero-order chi connectivity index (χ0) is 10.7. The first-order valence-corrected chi connectivity index (χ1v) is 4.95. The van der Waals surface area contributed by atoms with E-state index in [1.807, 2.05) is 38.1 Å². The number of para-hydroxylation sites is 1. The van der Waals surface area contributed by atoms with E-state index in [-0.39, 0.29) is 6.10 Å². The largest absolute Gasteiger partial charge is 0.490 e. The van der Waals surface area contributed by atoms with Crippen LogP contribution in [0.3, 0.4) is 0 Å². The molecule has 0 bridgehead atoms. The molecule has 0 radical (unpaired) electrons. The predicted molar refractivity (Wildman–Crippen MR) is 57.8 cm³/mol. The monoisotopic (exact) mass is 206 g/mol. The molecule has 1 N–H and O–H groups in total. The summed E-state index contributed by atoms with van der Waals surface area (Å²) in [6.45, 7) is 4.35. The van der Waals surface area contributed by atoms with E-state index < -0.39 is 0 Å². The molecule has 0 atom stereocenters. The van der Waals surface area contributed by atoms with Crippen molar-refractivity contribution in [3.63, 3.8) is 0 Å². The van der Waals surface area contributed by atoms with Gasteiger partial charge in [0.1, 0.15) is 5.75 Å². The minimum absolute atomic E-state index is 0.147. The smallest absolute Gasteiger partial charge is 0.167 e. The number of nitrogens with one attached hydrogen (secondary N) is 1. The summed E-state index contributed by atoms with van der Waals surface area (Å²) in [5.74, 6) is 1.55. The molecule has 15 heavy (non-hydrogen) atoms. The number of hydrogen-bond acceptors (Lipinski definition) is 4. The number of rotatable bonds is 3. The van der Waals surface area contributed by atoms with Crippen molar-refractivity contribution in [1.82, 2.24) is 5.48 Å². The first kappa shape index (κ1) is 9.98. The minimum atomic E-state index is 0.147. The Labute approximate surface area is 88.9 Å². The molecule has 0 amide bonds. The molecule has 2 rings (SSSR count). The van der Waals surface area contributed by atoms with Gasteiger partial charge in [-0.25, -0.2) is 10.5 Å². The van der Waals surface area contributed by atoms with Crippen molar-refractivity contribution >= 4 is 5.84 Å². The fraction of sp³-hybridized carbons (Fsp3) is 0.364. The van der Waals surface area contributed by atoms with Crippen molar-refractivity contribution in [3.05, 3.63) is 29.8 Å². The molecule has 0 aliphatic carbocycles. The SMILES string of the molecule is CC(C)Oc1ccccc1C1=NCON1. The third kappa shape index (κ3) is 2.27. The topological polar surface area (TPSA) is 42.9 Å². The molecule has 0 unspecified atom stereocenters. The van der Waals surface area contributed by atoms with E-state index in [9.17, 15) is 0 Å². The Hall–Kier alpha value is -1.55. The lowest BCUT2D eigenvalue weighted by Crippen LogP contribution is -2.19. The van der Waals surface area contributed by atoms with E-state index in [0.717, 1.165) is 17.1 Å². The summed E-state index contributed by atoms with van der Waals surface area (Å²) in [5, 5.41) is 0. The maximum absolute atomic E-state index is 5.68. The summed E-state index contributed by atoms with van der Waals surface area (Å²) in [6, 6.07) is 7.78. The fourth-order valence-electron chi connectivity index (χ4n) is 1.39. The molecule has 1 aromatic rings. The second-order valence-corrected chi connectivity index (χ2v) is 3.54. The number of amidine groups is 1. The van der Waals surface area contributed by atoms with Gasteiger partial charge in [-0.1, -0.05) is 12.1 Å². The minimum Gasteiger partial charge on any atom is -0.490 e. The van der Waals surface area contributed by atoms with Crippen LogP contribution >= 0.6 is 0 Å². The van der Waals surface area contributed by atoms with E-state index in [2.05, 4.69) is 10.5 Å². The molecule has 1 heterocycles. The number of ether oxygens (including phenoxy) is 1. The molecular formula is C11H14N2O2. The number of benzene rings is 1. The summed E-state index contributed by atoms with van der Waals surface area (Å²) >= 11 is 0. The summed E-state index contributed by atoms with van der Waals surface area (Å²) in [5.41, 5.74) is 3.69. The van der Waals surface area contributed by atoms with Crippen LogP contribution < -0.4 is 10.2 Å². The highest BCUT2D eigenvalue weighted by atomic mass is 16.7. The predicted octanol–water partition coefficient (Wildman–Crippen LogP) is 1.71. The van der Waals surface area contributed by atoms with Gasteiger partial charge in [0.2, 0.25) is 0 Å². The van der Waals surface area contributed by atoms with Gasteiger partial charge in [-0.3, -0.25) is 4.84 Å². The summed E-state index contributed by atoms with van der Waals surface area (Å²) in [7, 11) is 0. The van der Waals surface area contributed by atoms with Gasteiger partial charge in [0.05, 0.1) is 11.7 Å². The van der Waals surface area contributed by atoms with Crippen LogP contribution in [0.15, 0.2) is 29.3 Å². The average molecular weight is 206 g/mol. The van der Waals surface area contributed by atoms with Crippen molar-refractivity contribution in [1.29, 1.82) is 0 Å². The molecule has 0 aromatic heterocycles. The number of aliphatic imine (C=N–C) groups is 1. The molecule has 80 valence electrons. The first-order chi connectivity index (χ1) is 7.27. The third-order valence-corrected chi connectivity index (χ3v) is 1.96. The lowest BCUT2D eigenvalue weighted by molar-refractivity contribution is 0.115. The van der Waals surface area contributed by atoms with E-state index in [0.29, 0.717) is 6.73 Å². The van der Waals surface area contributed by atoms with Crippen LogP contribution in [0.5, 0.6) is 5.75 Å². The van der Waals surface area contributed by atoms with Crippen LogP contribution in [0.25, 0.3) is 0 Å². The Morgan fingerprint density at radius 2 is 2.20 bits per heavy atom. The van der Waals surface area contributed by atoms with Gasteiger partial charge < -0.3 is 4.74 Å². The molecule has 0 saturated heterocycles. The Balaban J connectivity index is 2.29. The van der Waals surface area contributed by atoms with Gasteiger partial charge in [-0.15, -0.1) is 0 Å². The zero-order valence-corrected chi connectivity index (χ0v) is 8.86. The standard InChI is InChI=1S/C11H14N2O2/c1-8(2)15-10-6-4-3-5-9(10)11-12-7-14-13-11/h3-6,8H,7H2,1-2H3,(H,12,13). The molecule has 1 aliphatic rings. The maximum Gasteiger partial charge on any atom is 0.167 e. The van der Waals surface area contributed by atoms with Crippen molar-refractivity contribution in [2.24, 2.45) is 4.99 Å². The van der Waals surface area contributed by atoms with Gasteiger partial charge in [0.25, 0.3) is 0 Å². The summed E-state index contributed by atoms with van der Waals surface area (Å²) < 4.78 is 5.68. The van der Waals surface area contributed by atoms with Gasteiger partial charge in [0, 0.05) is 0 Å². The van der Waals surface area contributed by atoms with Crippen molar-refractivity contribution in [2.75, 3.05) is 6.73 Å². The average Bonchev–Trinajstić information content (AvgIpc) is 2.70. The van der Waals surface area contributed by atoms with E-state index in [1.54, 1.807) is 0 Å². The first-order valence-electron chi connectivity index (χ1n) is 4.95. The number of hydroxylamine groups is 1. The highest BCUT2D eigenvalue weighted by Gasteiger charge is 2.14. The van der Waals surface area contributed by atoms with Crippen molar-refractivity contribution < 1.29 is 9.57 Å². The fourth-order valence-corrected chi connectivity index (χ4v) is 1.39. The molecule has 1 aliphatic heterocycles. The van der Waals surface area contributed by atoms with Crippen LogP contribution in [0.4, 0.5) is 0 Å². The van der Waals surface area contributed by atoms with E-state index >= 15 is 0 Å². The van der Waals surface area contributed by atoms with Crippen molar-refractivity contribution in [2.45, 2.75) is 20.0 Å². The second-order valence-electron chi connectivity index (χ2n) is 3.54. The number of nitrogens with zero attached hydrogens (tertiary/aromatic N) is 1. The summed E-state index contributed by atoms with van der Waals surface area (Å²) in [6.07, 6.45) is 0.147. The highest BCUT2D eigenvalue weighted by Crippen LogP contribution is 2.20. The maximum atomic E-state index is 5.68. The molecule has 4 heteroatoms. The van der Waals surface area contributed by atoms with Crippen LogP contribution in [0.2, 0.25) is 0 Å². The van der Waals surface area contributed by atoms with Crippen LogP contribution in [0.1, 0.15) is 19.4 Å². The highest BCUT2D eigenvalue weighted by molar-refractivity contribution is 6.01.